The lowest BCUT2D eigenvalue weighted by molar-refractivity contribution is 0.0531. The van der Waals surface area contributed by atoms with Gasteiger partial charge in [-0.2, -0.15) is 5.10 Å². The molecular formula is C13H16N4O3S. The number of thiazole rings is 1. The minimum atomic E-state index is -0.428. The summed E-state index contributed by atoms with van der Waals surface area (Å²) in [6.07, 6.45) is 1.73. The molecule has 2 heterocycles. The topological polar surface area (TPSA) is 86.1 Å². The Morgan fingerprint density at radius 2 is 2.19 bits per heavy atom. The quantitative estimate of drug-likeness (QED) is 0.855. The highest BCUT2D eigenvalue weighted by atomic mass is 32.1. The van der Waals surface area contributed by atoms with Gasteiger partial charge in [0.25, 0.3) is 5.91 Å². The van der Waals surface area contributed by atoms with Gasteiger partial charge in [0.05, 0.1) is 12.3 Å². The molecule has 0 aliphatic carbocycles. The zero-order valence-corrected chi connectivity index (χ0v) is 12.9. The Morgan fingerprint density at radius 3 is 2.81 bits per heavy atom. The van der Waals surface area contributed by atoms with Gasteiger partial charge >= 0.3 is 5.97 Å². The Labute approximate surface area is 125 Å². The van der Waals surface area contributed by atoms with E-state index in [4.69, 9.17) is 4.74 Å². The maximum Gasteiger partial charge on any atom is 0.350 e. The van der Waals surface area contributed by atoms with Gasteiger partial charge in [-0.3, -0.25) is 14.8 Å². The number of nitrogens with one attached hydrogen (secondary N) is 1. The summed E-state index contributed by atoms with van der Waals surface area (Å²) < 4.78 is 6.59. The van der Waals surface area contributed by atoms with Crippen molar-refractivity contribution in [2.24, 2.45) is 0 Å². The lowest BCUT2D eigenvalue weighted by Gasteiger charge is -1.98. The summed E-state index contributed by atoms with van der Waals surface area (Å²) in [6, 6.07) is 1.63. The number of ether oxygens (including phenoxy) is 1. The predicted octanol–water partition coefficient (Wildman–Crippen LogP) is 2.10. The van der Waals surface area contributed by atoms with Crippen molar-refractivity contribution in [1.29, 1.82) is 0 Å². The monoisotopic (exact) mass is 308 g/mol. The van der Waals surface area contributed by atoms with Gasteiger partial charge in [-0.25, -0.2) is 9.78 Å². The average Bonchev–Trinajstić information content (AvgIpc) is 3.05. The fraction of sp³-hybridized carbons (Fsp3) is 0.385. The molecule has 0 aromatic carbocycles. The molecule has 0 spiro atoms. The van der Waals surface area contributed by atoms with E-state index in [1.54, 1.807) is 30.8 Å². The van der Waals surface area contributed by atoms with E-state index in [2.05, 4.69) is 15.4 Å². The zero-order chi connectivity index (χ0) is 15.4. The summed E-state index contributed by atoms with van der Waals surface area (Å²) in [4.78, 5) is 28.3. The third kappa shape index (κ3) is 3.46. The van der Waals surface area contributed by atoms with Crippen molar-refractivity contribution in [3.8, 4) is 0 Å². The molecule has 112 valence electrons. The number of aryl methyl sites for hydroxylation is 2. The van der Waals surface area contributed by atoms with E-state index in [0.717, 1.165) is 11.3 Å². The minimum Gasteiger partial charge on any atom is -0.462 e. The van der Waals surface area contributed by atoms with Gasteiger partial charge in [0.1, 0.15) is 4.88 Å². The van der Waals surface area contributed by atoms with Crippen LogP contribution >= 0.6 is 11.3 Å². The van der Waals surface area contributed by atoms with Gasteiger partial charge in [0.15, 0.2) is 10.8 Å². The van der Waals surface area contributed by atoms with Crippen LogP contribution in [0.5, 0.6) is 0 Å². The molecule has 0 saturated carbocycles. The molecule has 0 saturated heterocycles. The molecule has 0 unspecified atom stereocenters. The highest BCUT2D eigenvalue weighted by Crippen LogP contribution is 2.23. The van der Waals surface area contributed by atoms with Crippen molar-refractivity contribution >= 4 is 28.3 Å². The van der Waals surface area contributed by atoms with Crippen molar-refractivity contribution in [3.63, 3.8) is 0 Å². The van der Waals surface area contributed by atoms with Gasteiger partial charge < -0.3 is 4.74 Å². The smallest absolute Gasteiger partial charge is 0.350 e. The number of aromatic nitrogens is 3. The predicted molar refractivity (Wildman–Crippen MR) is 78.7 cm³/mol. The van der Waals surface area contributed by atoms with Crippen LogP contribution in [0.1, 0.15) is 39.7 Å². The van der Waals surface area contributed by atoms with E-state index >= 15 is 0 Å². The molecule has 8 heteroatoms. The molecule has 0 aliphatic rings. The number of rotatable bonds is 5. The molecular weight excluding hydrogens is 292 g/mol. The normalized spacial score (nSPS) is 10.4. The number of carbonyl (C=O) groups is 2. The lowest BCUT2D eigenvalue weighted by Crippen LogP contribution is -2.13. The Kier molecular flexibility index (Phi) is 4.69. The van der Waals surface area contributed by atoms with Crippen LogP contribution < -0.4 is 5.32 Å². The van der Waals surface area contributed by atoms with Crippen LogP contribution in [0.3, 0.4) is 0 Å². The molecule has 0 radical (unpaired) electrons. The van der Waals surface area contributed by atoms with Crippen LogP contribution in [-0.2, 0) is 11.3 Å². The third-order valence-electron chi connectivity index (χ3n) is 2.68. The van der Waals surface area contributed by atoms with Crippen molar-refractivity contribution in [1.82, 2.24) is 14.8 Å². The molecule has 0 atom stereocenters. The second-order valence-electron chi connectivity index (χ2n) is 4.16. The first-order valence-corrected chi connectivity index (χ1v) is 7.36. The molecule has 2 aromatic heterocycles. The Morgan fingerprint density at radius 1 is 1.43 bits per heavy atom. The number of nitrogens with zero attached hydrogens (tertiary/aromatic N) is 3. The van der Waals surface area contributed by atoms with Crippen LogP contribution in [0.25, 0.3) is 0 Å². The summed E-state index contributed by atoms with van der Waals surface area (Å²) in [5.41, 5.74) is 0.843. The first kappa shape index (κ1) is 15.2. The van der Waals surface area contributed by atoms with Crippen molar-refractivity contribution in [2.75, 3.05) is 11.9 Å². The SMILES string of the molecule is CCOC(=O)c1sc(NC(=O)c2ccn(CC)n2)nc1C. The summed E-state index contributed by atoms with van der Waals surface area (Å²) in [5.74, 6) is -0.783. The van der Waals surface area contributed by atoms with Crippen LogP contribution in [0.4, 0.5) is 5.13 Å². The second-order valence-corrected chi connectivity index (χ2v) is 5.16. The zero-order valence-electron chi connectivity index (χ0n) is 12.0. The molecule has 1 N–H and O–H groups in total. The molecule has 0 bridgehead atoms. The molecule has 1 amide bonds. The number of carbonyl (C=O) groups excluding carboxylic acids is 2. The van der Waals surface area contributed by atoms with E-state index in [1.807, 2.05) is 6.92 Å². The Hall–Kier alpha value is -2.22. The van der Waals surface area contributed by atoms with Gasteiger partial charge in [-0.15, -0.1) is 0 Å². The maximum absolute atomic E-state index is 12.0. The van der Waals surface area contributed by atoms with Crippen LogP contribution in [0, 0.1) is 6.92 Å². The maximum atomic E-state index is 12.0. The van der Waals surface area contributed by atoms with Crippen molar-refractivity contribution in [3.05, 3.63) is 28.5 Å². The van der Waals surface area contributed by atoms with Gasteiger partial charge in [0, 0.05) is 12.7 Å². The van der Waals surface area contributed by atoms with Crippen LogP contribution in [-0.4, -0.2) is 33.2 Å². The summed E-state index contributed by atoms with van der Waals surface area (Å²) in [5, 5.41) is 7.10. The Balaban J connectivity index is 2.11. The summed E-state index contributed by atoms with van der Waals surface area (Å²) in [7, 11) is 0. The number of amides is 1. The molecule has 0 fully saturated rings. The minimum absolute atomic E-state index is 0.298. The highest BCUT2D eigenvalue weighted by Gasteiger charge is 2.18. The van der Waals surface area contributed by atoms with E-state index in [-0.39, 0.29) is 5.91 Å². The number of anilines is 1. The first-order chi connectivity index (χ1) is 10.0. The molecule has 2 rings (SSSR count). The number of hydrogen-bond donors (Lipinski definition) is 1. The fourth-order valence-corrected chi connectivity index (χ4v) is 2.51. The summed E-state index contributed by atoms with van der Waals surface area (Å²) >= 11 is 1.09. The van der Waals surface area contributed by atoms with E-state index in [0.29, 0.717) is 34.5 Å². The van der Waals surface area contributed by atoms with Gasteiger partial charge in [0.2, 0.25) is 0 Å². The molecule has 0 aliphatic heterocycles. The number of esters is 1. The van der Waals surface area contributed by atoms with E-state index < -0.39 is 5.97 Å². The lowest BCUT2D eigenvalue weighted by atomic mass is 10.4. The van der Waals surface area contributed by atoms with Crippen LogP contribution in [0.15, 0.2) is 12.3 Å². The fourth-order valence-electron chi connectivity index (χ4n) is 1.66. The molecule has 7 nitrogen and oxygen atoms in total. The van der Waals surface area contributed by atoms with Crippen LogP contribution in [0.2, 0.25) is 0 Å². The van der Waals surface area contributed by atoms with Crippen molar-refractivity contribution < 1.29 is 14.3 Å². The van der Waals surface area contributed by atoms with E-state index in [1.165, 1.54) is 0 Å². The van der Waals surface area contributed by atoms with Gasteiger partial charge in [-0.1, -0.05) is 11.3 Å². The summed E-state index contributed by atoms with van der Waals surface area (Å²) in [6.45, 7) is 6.36. The Bertz CT molecular complexity index is 662. The third-order valence-corrected chi connectivity index (χ3v) is 3.73. The molecule has 21 heavy (non-hydrogen) atoms. The second kappa shape index (κ2) is 6.49. The van der Waals surface area contributed by atoms with E-state index in [9.17, 15) is 9.59 Å². The van der Waals surface area contributed by atoms with Crippen molar-refractivity contribution in [2.45, 2.75) is 27.3 Å². The highest BCUT2D eigenvalue weighted by molar-refractivity contribution is 7.17. The molecule has 2 aromatic rings. The standard InChI is InChI=1S/C13H16N4O3S/c1-4-17-7-6-9(16-17)11(18)15-13-14-8(3)10(21-13)12(19)20-5-2/h6-7H,4-5H2,1-3H3,(H,14,15,18). The number of hydrogen-bond acceptors (Lipinski definition) is 6. The van der Waals surface area contributed by atoms with Gasteiger partial charge in [-0.05, 0) is 26.8 Å². The first-order valence-electron chi connectivity index (χ1n) is 6.54. The largest absolute Gasteiger partial charge is 0.462 e. The average molecular weight is 308 g/mol.